The Morgan fingerprint density at radius 1 is 0.692 bits per heavy atom. The second-order valence-electron chi connectivity index (χ2n) is 2.48. The Labute approximate surface area is 75.5 Å². The zero-order valence-electron chi connectivity index (χ0n) is 7.11. The molecule has 0 aliphatic carbocycles. The summed E-state index contributed by atoms with van der Waals surface area (Å²) in [5, 5.41) is 52.2. The molecule has 0 aromatic carbocycles. The molecular formula is C6H17NO6. The predicted molar refractivity (Wildman–Crippen MR) is 43.2 cm³/mol. The summed E-state index contributed by atoms with van der Waals surface area (Å²) in [5.74, 6) is 0. The first kappa shape index (κ1) is 15.2. The third kappa shape index (κ3) is 4.48. The molecule has 4 atom stereocenters. The highest BCUT2D eigenvalue weighted by Gasteiger charge is 2.29. The van der Waals surface area contributed by atoms with Crippen LogP contribution in [0.3, 0.4) is 0 Å². The van der Waals surface area contributed by atoms with Gasteiger partial charge in [0.1, 0.15) is 24.4 Å². The number of hydrogen-bond acceptors (Lipinski definition) is 7. The van der Waals surface area contributed by atoms with Gasteiger partial charge in [-0.3, -0.25) is 0 Å². The highest BCUT2D eigenvalue weighted by molar-refractivity contribution is 4.79. The molecule has 0 rings (SSSR count). The van der Waals surface area contributed by atoms with Crippen LogP contribution in [0.4, 0.5) is 0 Å². The zero-order valence-corrected chi connectivity index (χ0v) is 7.11. The molecule has 0 radical (unpaired) electrons. The van der Waals surface area contributed by atoms with E-state index in [1.54, 1.807) is 0 Å². The fraction of sp³-hybridized carbons (Fsp3) is 1.00. The molecule has 0 aliphatic heterocycles. The Kier molecular flexibility index (Phi) is 8.37. The van der Waals surface area contributed by atoms with Gasteiger partial charge >= 0.3 is 0 Å². The number of aliphatic hydroxyl groups is 6. The average Bonchev–Trinajstić information content (AvgIpc) is 2.12. The second-order valence-corrected chi connectivity index (χ2v) is 2.48. The Hall–Kier alpha value is -0.280. The summed E-state index contributed by atoms with van der Waals surface area (Å²) in [7, 11) is 0. The molecule has 9 N–H and O–H groups in total. The van der Waals surface area contributed by atoms with Crippen molar-refractivity contribution < 1.29 is 30.6 Å². The summed E-state index contributed by atoms with van der Waals surface area (Å²) in [4.78, 5) is 0. The summed E-state index contributed by atoms with van der Waals surface area (Å²) in [6.07, 6.45) is -6.39. The van der Waals surface area contributed by atoms with Crippen LogP contribution >= 0.6 is 0 Å². The lowest BCUT2D eigenvalue weighted by molar-refractivity contribution is -0.123. The van der Waals surface area contributed by atoms with Crippen LogP contribution < -0.4 is 6.15 Å². The Morgan fingerprint density at radius 3 is 1.08 bits per heavy atom. The molecule has 13 heavy (non-hydrogen) atoms. The molecule has 0 bridgehead atoms. The van der Waals surface area contributed by atoms with E-state index in [0.29, 0.717) is 0 Å². The first-order valence-corrected chi connectivity index (χ1v) is 3.48. The van der Waals surface area contributed by atoms with Crippen molar-refractivity contribution in [2.75, 3.05) is 13.2 Å². The van der Waals surface area contributed by atoms with Gasteiger partial charge in [0.15, 0.2) is 0 Å². The minimum Gasteiger partial charge on any atom is -0.394 e. The maximum absolute atomic E-state index is 8.96. The second kappa shape index (κ2) is 7.15. The third-order valence-electron chi connectivity index (χ3n) is 1.51. The molecule has 0 aromatic rings. The first-order valence-electron chi connectivity index (χ1n) is 3.48. The number of hydrogen-bond donors (Lipinski definition) is 7. The van der Waals surface area contributed by atoms with E-state index in [-0.39, 0.29) is 6.15 Å². The van der Waals surface area contributed by atoms with Crippen molar-refractivity contribution in [1.82, 2.24) is 6.15 Å². The maximum Gasteiger partial charge on any atom is 0.111 e. The Morgan fingerprint density at radius 2 is 0.923 bits per heavy atom. The Balaban J connectivity index is 0. The molecule has 0 aliphatic rings. The normalized spacial score (nSPS) is 19.8. The van der Waals surface area contributed by atoms with E-state index in [1.165, 1.54) is 0 Å². The highest BCUT2D eigenvalue weighted by atomic mass is 16.4. The van der Waals surface area contributed by atoms with Gasteiger partial charge in [0.05, 0.1) is 13.2 Å². The monoisotopic (exact) mass is 199 g/mol. The van der Waals surface area contributed by atoms with Gasteiger partial charge in [-0.25, -0.2) is 0 Å². The summed E-state index contributed by atoms with van der Waals surface area (Å²) >= 11 is 0. The van der Waals surface area contributed by atoms with Crippen LogP contribution in [0, 0.1) is 0 Å². The van der Waals surface area contributed by atoms with Crippen molar-refractivity contribution in [3.05, 3.63) is 0 Å². The third-order valence-corrected chi connectivity index (χ3v) is 1.51. The molecule has 82 valence electrons. The van der Waals surface area contributed by atoms with Gasteiger partial charge in [-0.05, 0) is 0 Å². The van der Waals surface area contributed by atoms with E-state index in [9.17, 15) is 0 Å². The standard InChI is InChI=1S/C6H14O6.H3N/c7-1-3(9)5(11)6(12)4(10)2-8;/h3-12H,1-2H2;1H3/t3-,4+,5-,6-;/m1./s1. The fourth-order valence-electron chi connectivity index (χ4n) is 0.671. The van der Waals surface area contributed by atoms with Crippen molar-refractivity contribution in [1.29, 1.82) is 0 Å². The minimum absolute atomic E-state index is 0. The van der Waals surface area contributed by atoms with Crippen LogP contribution in [-0.2, 0) is 0 Å². The lowest BCUT2D eigenvalue weighted by Crippen LogP contribution is -2.46. The summed E-state index contributed by atoms with van der Waals surface area (Å²) in [6, 6.07) is 0. The molecule has 7 nitrogen and oxygen atoms in total. The van der Waals surface area contributed by atoms with E-state index < -0.39 is 37.6 Å². The smallest absolute Gasteiger partial charge is 0.111 e. The zero-order chi connectivity index (χ0) is 9.72. The molecule has 0 fully saturated rings. The fourth-order valence-corrected chi connectivity index (χ4v) is 0.671. The average molecular weight is 199 g/mol. The van der Waals surface area contributed by atoms with Crippen LogP contribution in [-0.4, -0.2) is 68.3 Å². The van der Waals surface area contributed by atoms with Crippen LogP contribution in [0.1, 0.15) is 0 Å². The van der Waals surface area contributed by atoms with E-state index in [0.717, 1.165) is 0 Å². The summed E-state index contributed by atoms with van der Waals surface area (Å²) < 4.78 is 0. The quantitative estimate of drug-likeness (QED) is 0.243. The SMILES string of the molecule is N.OC[C@@H](O)[C@@H](O)[C@H](O)[C@@H](O)CO. The van der Waals surface area contributed by atoms with Gasteiger partial charge in [-0.1, -0.05) is 0 Å². The molecule has 0 aromatic heterocycles. The van der Waals surface area contributed by atoms with Crippen molar-refractivity contribution >= 4 is 0 Å². The number of rotatable bonds is 5. The Bertz CT molecular complexity index is 110. The van der Waals surface area contributed by atoms with Crippen molar-refractivity contribution in [3.63, 3.8) is 0 Å². The molecule has 0 spiro atoms. The number of aliphatic hydroxyl groups excluding tert-OH is 6. The summed E-state index contributed by atoms with van der Waals surface area (Å²) in [6.45, 7) is -1.45. The summed E-state index contributed by atoms with van der Waals surface area (Å²) in [5.41, 5.74) is 0. The van der Waals surface area contributed by atoms with Crippen LogP contribution in [0.5, 0.6) is 0 Å². The first-order chi connectivity index (χ1) is 5.54. The molecule has 0 saturated heterocycles. The van der Waals surface area contributed by atoms with Crippen molar-refractivity contribution in [2.24, 2.45) is 0 Å². The van der Waals surface area contributed by atoms with Crippen LogP contribution in [0.25, 0.3) is 0 Å². The van der Waals surface area contributed by atoms with Gasteiger partial charge in [0, 0.05) is 0 Å². The van der Waals surface area contributed by atoms with Gasteiger partial charge in [-0.2, -0.15) is 0 Å². The molecule has 0 saturated carbocycles. The molecule has 0 amide bonds. The van der Waals surface area contributed by atoms with Gasteiger partial charge in [0.25, 0.3) is 0 Å². The van der Waals surface area contributed by atoms with E-state index in [4.69, 9.17) is 30.6 Å². The van der Waals surface area contributed by atoms with Crippen molar-refractivity contribution in [2.45, 2.75) is 24.4 Å². The lowest BCUT2D eigenvalue weighted by atomic mass is 10.0. The molecular weight excluding hydrogens is 182 g/mol. The highest BCUT2D eigenvalue weighted by Crippen LogP contribution is 2.03. The predicted octanol–water partition coefficient (Wildman–Crippen LogP) is -3.42. The topological polar surface area (TPSA) is 156 Å². The van der Waals surface area contributed by atoms with Crippen molar-refractivity contribution in [3.8, 4) is 0 Å². The lowest BCUT2D eigenvalue weighted by Gasteiger charge is -2.24. The van der Waals surface area contributed by atoms with Gasteiger partial charge in [0.2, 0.25) is 0 Å². The minimum atomic E-state index is -1.67. The van der Waals surface area contributed by atoms with E-state index >= 15 is 0 Å². The molecule has 0 heterocycles. The van der Waals surface area contributed by atoms with Crippen LogP contribution in [0.2, 0.25) is 0 Å². The van der Waals surface area contributed by atoms with E-state index in [2.05, 4.69) is 0 Å². The molecule has 7 heteroatoms. The van der Waals surface area contributed by atoms with Crippen LogP contribution in [0.15, 0.2) is 0 Å². The van der Waals surface area contributed by atoms with Gasteiger partial charge in [-0.15, -0.1) is 0 Å². The van der Waals surface area contributed by atoms with E-state index in [1.807, 2.05) is 0 Å². The maximum atomic E-state index is 8.96. The largest absolute Gasteiger partial charge is 0.394 e. The van der Waals surface area contributed by atoms with Gasteiger partial charge < -0.3 is 36.8 Å². The molecule has 0 unspecified atom stereocenters.